The highest BCUT2D eigenvalue weighted by Crippen LogP contribution is 2.38. The highest BCUT2D eigenvalue weighted by Gasteiger charge is 2.39. The van der Waals surface area contributed by atoms with Crippen LogP contribution < -0.4 is 10.2 Å². The molecule has 7 aromatic heterocycles. The molecule has 0 atom stereocenters. The first-order valence-electron chi connectivity index (χ1n) is 20.5. The second kappa shape index (κ2) is 15.3. The molecule has 59 heavy (non-hydrogen) atoms. The highest BCUT2D eigenvalue weighted by molar-refractivity contribution is 7.22. The van der Waals surface area contributed by atoms with Gasteiger partial charge in [0.1, 0.15) is 11.0 Å². The van der Waals surface area contributed by atoms with Crippen LogP contribution in [-0.2, 0) is 0 Å². The molecule has 8 aromatic rings. The van der Waals surface area contributed by atoms with Gasteiger partial charge in [0.2, 0.25) is 5.78 Å². The molecule has 12 nitrogen and oxygen atoms in total. The summed E-state index contributed by atoms with van der Waals surface area (Å²) in [6.07, 6.45) is 14.0. The molecule has 9 heterocycles. The minimum absolute atomic E-state index is 0.101. The quantitative estimate of drug-likeness (QED) is 0.174. The number of nitrogens with one attached hydrogen (secondary N) is 1. The van der Waals surface area contributed by atoms with E-state index in [0.29, 0.717) is 23.3 Å². The minimum atomic E-state index is -0.273. The number of likely N-dealkylation sites (tertiary alicyclic amines) is 1. The van der Waals surface area contributed by atoms with Gasteiger partial charge < -0.3 is 15.1 Å². The van der Waals surface area contributed by atoms with Gasteiger partial charge in [-0.05, 0) is 117 Å². The zero-order valence-electron chi connectivity index (χ0n) is 35.0. The number of aryl methyl sites for hydroxylation is 2. The average Bonchev–Trinajstić information content (AvgIpc) is 3.99. The minimum Gasteiger partial charge on any atom is -0.348 e. The molecule has 2 saturated heterocycles. The van der Waals surface area contributed by atoms with Crippen molar-refractivity contribution in [3.05, 3.63) is 83.5 Å². The molecule has 10 rings (SSSR count). The van der Waals surface area contributed by atoms with Crippen molar-refractivity contribution in [3.63, 3.8) is 0 Å². The highest BCUT2D eigenvalue weighted by atomic mass is 32.1. The van der Waals surface area contributed by atoms with E-state index in [1.807, 2.05) is 67.4 Å². The van der Waals surface area contributed by atoms with Gasteiger partial charge in [0, 0.05) is 59.8 Å². The van der Waals surface area contributed by atoms with Crippen LogP contribution in [0.3, 0.4) is 0 Å². The molecular formula is C44H51FN12S2. The van der Waals surface area contributed by atoms with Crippen molar-refractivity contribution in [1.82, 2.24) is 54.1 Å². The van der Waals surface area contributed by atoms with E-state index in [2.05, 4.69) is 92.9 Å². The third-order valence-electron chi connectivity index (χ3n) is 11.6. The number of hydrogen-bond acceptors (Lipinski definition) is 12. The molecule has 2 aliphatic heterocycles. The Labute approximate surface area is 351 Å². The molecule has 0 saturated carbocycles. The van der Waals surface area contributed by atoms with E-state index in [0.717, 1.165) is 110 Å². The summed E-state index contributed by atoms with van der Waals surface area (Å²) in [7, 11) is 2.17. The first-order valence-corrected chi connectivity index (χ1v) is 22.1. The van der Waals surface area contributed by atoms with Crippen molar-refractivity contribution < 1.29 is 4.39 Å². The first-order chi connectivity index (χ1) is 28.2. The van der Waals surface area contributed by atoms with Gasteiger partial charge in [-0.2, -0.15) is 5.10 Å². The number of benzene rings is 1. The lowest BCUT2D eigenvalue weighted by Gasteiger charge is -2.48. The maximum atomic E-state index is 14.8. The summed E-state index contributed by atoms with van der Waals surface area (Å²) in [6.45, 7) is 18.5. The summed E-state index contributed by atoms with van der Waals surface area (Å²) in [6, 6.07) is 9.92. The molecule has 2 fully saturated rings. The number of nitrogens with zero attached hydrogens (tertiary/aromatic N) is 11. The van der Waals surface area contributed by atoms with Gasteiger partial charge in [0.15, 0.2) is 16.6 Å². The van der Waals surface area contributed by atoms with Crippen molar-refractivity contribution >= 4 is 59.7 Å². The predicted octanol–water partition coefficient (Wildman–Crippen LogP) is 9.11. The molecule has 0 unspecified atom stereocenters. The number of rotatable bonds is 6. The fourth-order valence-corrected chi connectivity index (χ4v) is 11.1. The molecule has 1 N–H and O–H groups in total. The zero-order chi connectivity index (χ0) is 41.2. The van der Waals surface area contributed by atoms with E-state index in [1.54, 1.807) is 33.3 Å². The van der Waals surface area contributed by atoms with Crippen LogP contribution in [0.1, 0.15) is 82.6 Å². The zero-order valence-corrected chi connectivity index (χ0v) is 36.6. The summed E-state index contributed by atoms with van der Waals surface area (Å²) >= 11 is 3.36. The number of anilines is 1. The van der Waals surface area contributed by atoms with E-state index in [-0.39, 0.29) is 16.9 Å². The lowest BCUT2D eigenvalue weighted by molar-refractivity contribution is 0.161. The number of piperidine rings is 2. The Bertz CT molecular complexity index is 2790. The lowest BCUT2D eigenvalue weighted by Crippen LogP contribution is -2.61. The second-order valence-electron chi connectivity index (χ2n) is 17.5. The maximum absolute atomic E-state index is 14.8. The summed E-state index contributed by atoms with van der Waals surface area (Å²) in [5.41, 5.74) is 7.66. The number of hydrogen-bond donors (Lipinski definition) is 1. The van der Waals surface area contributed by atoms with Crippen LogP contribution in [-0.4, -0.2) is 92.6 Å². The van der Waals surface area contributed by atoms with Gasteiger partial charge in [0.05, 0.1) is 49.6 Å². The number of thiazole rings is 2. The molecule has 15 heteroatoms. The van der Waals surface area contributed by atoms with Crippen molar-refractivity contribution in [2.24, 2.45) is 0 Å². The molecule has 0 spiro atoms. The van der Waals surface area contributed by atoms with Gasteiger partial charge in [0.25, 0.3) is 0 Å². The van der Waals surface area contributed by atoms with Crippen LogP contribution in [0.4, 0.5) is 9.52 Å². The van der Waals surface area contributed by atoms with Crippen LogP contribution in [0.25, 0.3) is 54.4 Å². The van der Waals surface area contributed by atoms with Gasteiger partial charge >= 0.3 is 0 Å². The first kappa shape index (κ1) is 39.5. The smallest absolute Gasteiger partial charge is 0.233 e. The number of halogens is 1. The van der Waals surface area contributed by atoms with Crippen LogP contribution >= 0.6 is 22.7 Å². The third kappa shape index (κ3) is 8.17. The number of pyridine rings is 1. The largest absolute Gasteiger partial charge is 0.348 e. The van der Waals surface area contributed by atoms with Crippen LogP contribution in [0.2, 0.25) is 0 Å². The van der Waals surface area contributed by atoms with Crippen molar-refractivity contribution in [1.29, 1.82) is 0 Å². The summed E-state index contributed by atoms with van der Waals surface area (Å²) < 4.78 is 20.6. The Morgan fingerprint density at radius 1 is 0.831 bits per heavy atom. The Morgan fingerprint density at radius 3 is 2.36 bits per heavy atom. The predicted molar refractivity (Wildman–Crippen MR) is 237 cm³/mol. The van der Waals surface area contributed by atoms with Crippen molar-refractivity contribution in [3.8, 4) is 22.5 Å². The Kier molecular flexibility index (Phi) is 10.2. The molecule has 2 aliphatic rings. The molecule has 0 aliphatic carbocycles. The van der Waals surface area contributed by atoms with Crippen LogP contribution in [0.15, 0.2) is 61.3 Å². The number of aromatic nitrogens is 9. The van der Waals surface area contributed by atoms with Crippen LogP contribution in [0.5, 0.6) is 0 Å². The maximum Gasteiger partial charge on any atom is 0.233 e. The summed E-state index contributed by atoms with van der Waals surface area (Å²) in [5, 5.41) is 10.5. The van der Waals surface area contributed by atoms with Crippen molar-refractivity contribution in [2.45, 2.75) is 97.2 Å². The molecule has 0 bridgehead atoms. The Balaban J connectivity index is 0.000000153. The van der Waals surface area contributed by atoms with E-state index in [4.69, 9.17) is 4.98 Å². The van der Waals surface area contributed by atoms with Crippen LogP contribution in [0, 0.1) is 19.7 Å². The van der Waals surface area contributed by atoms with E-state index < -0.39 is 0 Å². The fourth-order valence-electron chi connectivity index (χ4n) is 8.94. The molecule has 0 amide bonds. The second-order valence-corrected chi connectivity index (χ2v) is 19.6. The van der Waals surface area contributed by atoms with E-state index in [1.165, 1.54) is 0 Å². The topological polar surface area (TPSA) is 118 Å². The standard InChI is InChI=1S/C23H29N7S.C21H22FN5S/c1-14-12-30-13-15(10-25-20(30)26-14)17-7-19-18(11-24-17)27-21(31-19)29(6)16-8-22(2,3)28-23(4,5)9-16;1-3-26-8-6-14(7-9-26)21-24-20-16(22)10-15(11-18(20)28-21)17-4-5-19-23-13(2)12-27(19)25-17/h7,10-13,16,28H,8-9H2,1-6H3;4-5,10-12,14H,3,6-9H2,1-2H3. The average molecular weight is 831 g/mol. The lowest BCUT2D eigenvalue weighted by atomic mass is 9.79. The normalized spacial score (nSPS) is 17.6. The third-order valence-corrected chi connectivity index (χ3v) is 13.9. The Hall–Kier alpha value is -4.96. The number of fused-ring (bicyclic) bond motifs is 4. The molecular weight excluding hydrogens is 780 g/mol. The Morgan fingerprint density at radius 2 is 1.59 bits per heavy atom. The van der Waals surface area contributed by atoms with Gasteiger partial charge in [-0.15, -0.1) is 11.3 Å². The molecule has 0 radical (unpaired) electrons. The number of imidazole rings is 2. The van der Waals surface area contributed by atoms with E-state index in [9.17, 15) is 4.39 Å². The van der Waals surface area contributed by atoms with Gasteiger partial charge in [-0.25, -0.2) is 33.8 Å². The van der Waals surface area contributed by atoms with Gasteiger partial charge in [-0.3, -0.25) is 9.38 Å². The summed E-state index contributed by atoms with van der Waals surface area (Å²) in [4.78, 5) is 32.3. The SMILES string of the molecule is CCN1CCC(c2nc3c(F)cc(-c4ccc5nc(C)cn5n4)cc3s2)CC1.Cc1cn2cc(-c3cc4sc(N(C)C5CC(C)(C)NC(C)(C)C5)nc4cn3)cnc2n1. The molecule has 306 valence electrons. The summed E-state index contributed by atoms with van der Waals surface area (Å²) in [5.74, 6) is 0.869. The monoisotopic (exact) mass is 830 g/mol. The van der Waals surface area contributed by atoms with E-state index >= 15 is 0 Å². The molecule has 1 aromatic carbocycles. The van der Waals surface area contributed by atoms with Gasteiger partial charge in [-0.1, -0.05) is 18.3 Å². The fraction of sp³-hybridized carbons (Fsp3) is 0.432. The van der Waals surface area contributed by atoms with Crippen molar-refractivity contribution in [2.75, 3.05) is 31.6 Å².